The predicted molar refractivity (Wildman–Crippen MR) is 148 cm³/mol. The van der Waals surface area contributed by atoms with Crippen molar-refractivity contribution in [2.45, 2.75) is 77.5 Å². The molecule has 4 rings (SSSR count). The number of nitrogens with two attached hydrogens (primary N) is 2. The van der Waals surface area contributed by atoms with Gasteiger partial charge in [0.15, 0.2) is 0 Å². The molecule has 0 fully saturated rings. The van der Waals surface area contributed by atoms with E-state index in [1.807, 2.05) is 19.9 Å². The highest BCUT2D eigenvalue weighted by Crippen LogP contribution is 2.43. The summed E-state index contributed by atoms with van der Waals surface area (Å²) in [4.78, 5) is 14.1. The van der Waals surface area contributed by atoms with Crippen LogP contribution in [0.25, 0.3) is 0 Å². The maximum absolute atomic E-state index is 12.9. The first kappa shape index (κ1) is 33.2. The fourth-order valence-corrected chi connectivity index (χ4v) is 5.42. The molecule has 234 valence electrons. The highest BCUT2D eigenvalue weighted by Gasteiger charge is 2.50. The van der Waals surface area contributed by atoms with E-state index in [0.29, 0.717) is 54.2 Å². The van der Waals surface area contributed by atoms with Crippen LogP contribution in [0.2, 0.25) is 0 Å². The summed E-state index contributed by atoms with van der Waals surface area (Å²) < 4.78 is 86.7. The average molecular weight is 605 g/mol. The number of hydrogen-bond acceptors (Lipinski definition) is 6. The lowest BCUT2D eigenvalue weighted by molar-refractivity contribution is -0.192. The van der Waals surface area contributed by atoms with E-state index in [2.05, 4.69) is 0 Å². The van der Waals surface area contributed by atoms with Crippen molar-refractivity contribution in [2.24, 2.45) is 0 Å². The van der Waals surface area contributed by atoms with Crippen molar-refractivity contribution < 1.29 is 40.6 Å². The van der Waals surface area contributed by atoms with E-state index in [1.165, 1.54) is 12.0 Å². The second-order valence-corrected chi connectivity index (χ2v) is 11.0. The first-order valence-electron chi connectivity index (χ1n) is 13.6. The summed E-state index contributed by atoms with van der Waals surface area (Å²) in [5.74, 6) is -0.856. The van der Waals surface area contributed by atoms with E-state index < -0.39 is 30.3 Å². The lowest BCUT2D eigenvalue weighted by Gasteiger charge is -2.46. The molecule has 0 spiro atoms. The molecule has 0 aromatic heterocycles. The maximum Gasteiger partial charge on any atom is 0.471 e. The summed E-state index contributed by atoms with van der Waals surface area (Å²) in [5, 5.41) is 0. The van der Waals surface area contributed by atoms with Gasteiger partial charge in [-0.05, 0) is 86.6 Å². The van der Waals surface area contributed by atoms with Gasteiger partial charge < -0.3 is 25.8 Å². The number of benzene rings is 2. The van der Waals surface area contributed by atoms with Crippen LogP contribution in [0.4, 0.5) is 37.7 Å². The van der Waals surface area contributed by atoms with Gasteiger partial charge in [0.25, 0.3) is 0 Å². The molecule has 42 heavy (non-hydrogen) atoms. The summed E-state index contributed by atoms with van der Waals surface area (Å²) in [6.07, 6.45) is -7.80. The lowest BCUT2D eigenvalue weighted by atomic mass is 9.79. The van der Waals surface area contributed by atoms with E-state index in [0.717, 1.165) is 21.6 Å². The zero-order chi connectivity index (χ0) is 31.6. The third-order valence-corrected chi connectivity index (χ3v) is 7.60. The molecule has 0 radical (unpaired) electrons. The van der Waals surface area contributed by atoms with Crippen LogP contribution in [0.1, 0.15) is 56.4 Å². The summed E-state index contributed by atoms with van der Waals surface area (Å²) in [6.45, 7) is 6.99. The quantitative estimate of drug-likeness (QED) is 0.330. The second-order valence-electron chi connectivity index (χ2n) is 11.0. The molecule has 1 unspecified atom stereocenters. The number of carbonyl (C=O) groups excluding carboxylic acids is 1. The van der Waals surface area contributed by atoms with Crippen molar-refractivity contribution in [3.8, 4) is 11.5 Å². The van der Waals surface area contributed by atoms with Gasteiger partial charge >= 0.3 is 18.3 Å². The molecule has 13 heteroatoms. The third-order valence-electron chi connectivity index (χ3n) is 7.60. The van der Waals surface area contributed by atoms with Gasteiger partial charge in [-0.2, -0.15) is 26.3 Å². The topological polar surface area (TPSA) is 94.0 Å². The van der Waals surface area contributed by atoms with Crippen LogP contribution in [0.15, 0.2) is 24.3 Å². The number of nitrogens with zero attached hydrogens (tertiary/aromatic N) is 2. The molecule has 1 amide bonds. The van der Waals surface area contributed by atoms with Crippen molar-refractivity contribution in [1.82, 2.24) is 9.80 Å². The van der Waals surface area contributed by atoms with Crippen molar-refractivity contribution in [3.05, 3.63) is 46.5 Å². The summed E-state index contributed by atoms with van der Waals surface area (Å²) in [6, 6.07) is 6.95. The Balaban J connectivity index is 0.000000231. The van der Waals surface area contributed by atoms with Crippen molar-refractivity contribution in [1.29, 1.82) is 0 Å². The number of alkyl halides is 6. The lowest BCUT2D eigenvalue weighted by Crippen LogP contribution is -2.55. The Labute approximate surface area is 241 Å². The van der Waals surface area contributed by atoms with Crippen LogP contribution in [0, 0.1) is 0 Å². The van der Waals surface area contributed by atoms with Gasteiger partial charge in [-0.15, -0.1) is 0 Å². The number of rotatable bonds is 5. The highest BCUT2D eigenvalue weighted by atomic mass is 19.4. The number of nitrogen functional groups attached to an aromatic ring is 2. The van der Waals surface area contributed by atoms with Gasteiger partial charge in [-0.3, -0.25) is 9.69 Å². The first-order valence-corrected chi connectivity index (χ1v) is 13.6. The van der Waals surface area contributed by atoms with Crippen LogP contribution in [-0.2, 0) is 29.7 Å². The third kappa shape index (κ3) is 7.53. The molecule has 2 aromatic carbocycles. The Bertz CT molecular complexity index is 1280. The minimum Gasteiger partial charge on any atom is -0.495 e. The van der Waals surface area contributed by atoms with Crippen LogP contribution >= 0.6 is 0 Å². The predicted octanol–water partition coefficient (Wildman–Crippen LogP) is 5.83. The molecule has 2 aromatic rings. The van der Waals surface area contributed by atoms with E-state index in [4.69, 9.17) is 20.9 Å². The number of hydrogen-bond donors (Lipinski definition) is 2. The number of amides is 1. The minimum atomic E-state index is -4.88. The molecule has 2 aliphatic rings. The number of ether oxygens (including phenoxy) is 2. The van der Waals surface area contributed by atoms with Crippen LogP contribution in [0.5, 0.6) is 11.5 Å². The SMILES string of the molecule is CC(C)Oc1cc2c(cc1N)CCN(CC(F)(F)F)C2.CCC1(C)c2cc(OC)c(N)cc2CCN1C(=O)C(F)(F)F. The van der Waals surface area contributed by atoms with Gasteiger partial charge in [0.1, 0.15) is 11.5 Å². The zero-order valence-electron chi connectivity index (χ0n) is 24.4. The molecule has 0 saturated carbocycles. The Morgan fingerprint density at radius 3 is 2.10 bits per heavy atom. The first-order chi connectivity index (χ1) is 19.4. The molecular weight excluding hydrogens is 566 g/mol. The summed E-state index contributed by atoms with van der Waals surface area (Å²) in [5.41, 5.74) is 15.1. The van der Waals surface area contributed by atoms with Crippen LogP contribution < -0.4 is 20.9 Å². The summed E-state index contributed by atoms with van der Waals surface area (Å²) >= 11 is 0. The van der Waals surface area contributed by atoms with Gasteiger partial charge in [0.05, 0.1) is 36.7 Å². The van der Waals surface area contributed by atoms with Crippen molar-refractivity contribution in [2.75, 3.05) is 38.2 Å². The molecule has 0 bridgehead atoms. The minimum absolute atomic E-state index is 0.0153. The number of halogens is 6. The normalized spacial score (nSPS) is 19.0. The molecule has 1 atom stereocenters. The second kappa shape index (κ2) is 12.5. The number of carbonyl (C=O) groups is 1. The molecule has 0 saturated heterocycles. The summed E-state index contributed by atoms with van der Waals surface area (Å²) in [7, 11) is 1.45. The van der Waals surface area contributed by atoms with Crippen LogP contribution in [-0.4, -0.2) is 60.9 Å². The molecule has 2 heterocycles. The fraction of sp³-hybridized carbons (Fsp3) is 0.552. The average Bonchev–Trinajstić information content (AvgIpc) is 2.87. The maximum atomic E-state index is 12.9. The monoisotopic (exact) mass is 604 g/mol. The highest BCUT2D eigenvalue weighted by molar-refractivity contribution is 5.83. The van der Waals surface area contributed by atoms with Gasteiger partial charge in [0, 0.05) is 19.6 Å². The molecule has 4 N–H and O–H groups in total. The molecule has 0 aliphatic carbocycles. The van der Waals surface area contributed by atoms with E-state index in [1.54, 1.807) is 32.0 Å². The molecule has 7 nitrogen and oxygen atoms in total. The number of methoxy groups -OCH3 is 1. The fourth-order valence-electron chi connectivity index (χ4n) is 5.42. The smallest absolute Gasteiger partial charge is 0.471 e. The van der Waals surface area contributed by atoms with Crippen LogP contribution in [0.3, 0.4) is 0 Å². The zero-order valence-corrected chi connectivity index (χ0v) is 24.4. The number of fused-ring (bicyclic) bond motifs is 2. The Kier molecular flexibility index (Phi) is 9.85. The standard InChI is InChI=1S/C15H19F3N2O2.C14H19F3N2O/c1-4-14(2)10-8-12(22-3)11(19)7-9(10)5-6-20(14)13(21)15(16,17)18;1-9(2)20-13-6-11-7-19(8-14(15,16)17)4-3-10(11)5-12(13)18/h7-8H,4-6,19H2,1-3H3;5-6,9H,3-4,7-8,18H2,1-2H3. The van der Waals surface area contributed by atoms with E-state index in [9.17, 15) is 31.1 Å². The van der Waals surface area contributed by atoms with E-state index in [-0.39, 0.29) is 19.2 Å². The Hall–Kier alpha value is -3.35. The van der Waals surface area contributed by atoms with Gasteiger partial charge in [-0.25, -0.2) is 0 Å². The van der Waals surface area contributed by atoms with Crippen molar-refractivity contribution >= 4 is 17.3 Å². The molecular formula is C29H38F6N4O3. The van der Waals surface area contributed by atoms with E-state index >= 15 is 0 Å². The van der Waals surface area contributed by atoms with Gasteiger partial charge in [0.2, 0.25) is 0 Å². The van der Waals surface area contributed by atoms with Gasteiger partial charge in [-0.1, -0.05) is 6.92 Å². The number of anilines is 2. The Morgan fingerprint density at radius 2 is 1.55 bits per heavy atom. The molecule has 2 aliphatic heterocycles. The Morgan fingerprint density at radius 1 is 0.952 bits per heavy atom. The largest absolute Gasteiger partial charge is 0.495 e. The van der Waals surface area contributed by atoms with Crippen molar-refractivity contribution in [3.63, 3.8) is 0 Å².